The Hall–Kier alpha value is -1.84. The lowest BCUT2D eigenvalue weighted by molar-refractivity contribution is 1.03. The molecule has 0 bridgehead atoms. The Morgan fingerprint density at radius 2 is 2.27 bits per heavy atom. The molecule has 0 radical (unpaired) electrons. The molecule has 0 atom stereocenters. The van der Waals surface area contributed by atoms with Gasteiger partial charge in [0.2, 0.25) is 0 Å². The fourth-order valence-electron chi connectivity index (χ4n) is 1.61. The first-order valence-corrected chi connectivity index (χ1v) is 4.94. The maximum absolute atomic E-state index is 11.5. The van der Waals surface area contributed by atoms with Crippen molar-refractivity contribution in [1.82, 2.24) is 15.0 Å². The zero-order valence-electron chi connectivity index (χ0n) is 8.79. The van der Waals surface area contributed by atoms with Crippen LogP contribution in [-0.4, -0.2) is 15.0 Å². The van der Waals surface area contributed by atoms with Crippen molar-refractivity contribution in [2.45, 2.75) is 20.3 Å². The molecule has 2 rings (SSSR count). The highest BCUT2D eigenvalue weighted by molar-refractivity contribution is 5.61. The van der Waals surface area contributed by atoms with Crippen molar-refractivity contribution in [3.05, 3.63) is 40.2 Å². The summed E-state index contributed by atoms with van der Waals surface area (Å²) in [5.74, 6) is 0. The van der Waals surface area contributed by atoms with Crippen LogP contribution in [0.1, 0.15) is 18.2 Å². The van der Waals surface area contributed by atoms with Gasteiger partial charge in [-0.25, -0.2) is 4.98 Å². The van der Waals surface area contributed by atoms with E-state index in [1.807, 2.05) is 19.9 Å². The fourth-order valence-corrected chi connectivity index (χ4v) is 1.61. The Kier molecular flexibility index (Phi) is 2.41. The molecule has 0 amide bonds. The molecule has 15 heavy (non-hydrogen) atoms. The van der Waals surface area contributed by atoms with E-state index in [9.17, 15) is 4.79 Å². The second kappa shape index (κ2) is 3.73. The summed E-state index contributed by atoms with van der Waals surface area (Å²) < 4.78 is 0. The maximum atomic E-state index is 11.5. The van der Waals surface area contributed by atoms with Crippen LogP contribution in [-0.2, 0) is 6.42 Å². The summed E-state index contributed by atoms with van der Waals surface area (Å²) in [6, 6.07) is 1.92. The number of nitrogens with zero attached hydrogens (tertiary/aromatic N) is 1. The highest BCUT2D eigenvalue weighted by Crippen LogP contribution is 2.18. The monoisotopic (exact) mass is 203 g/mol. The van der Waals surface area contributed by atoms with Crippen LogP contribution in [0.2, 0.25) is 0 Å². The summed E-state index contributed by atoms with van der Waals surface area (Å²) >= 11 is 0. The fraction of sp³-hybridized carbons (Fsp3) is 0.273. The minimum absolute atomic E-state index is 0.00161. The minimum atomic E-state index is -0.00161. The summed E-state index contributed by atoms with van der Waals surface area (Å²) in [4.78, 5) is 21.4. The second-order valence-corrected chi connectivity index (χ2v) is 3.48. The molecule has 0 aliphatic heterocycles. The van der Waals surface area contributed by atoms with E-state index in [-0.39, 0.29) is 5.56 Å². The number of aromatic nitrogens is 3. The molecule has 0 aliphatic rings. The van der Waals surface area contributed by atoms with E-state index in [2.05, 4.69) is 15.0 Å². The van der Waals surface area contributed by atoms with Gasteiger partial charge in [-0.1, -0.05) is 6.92 Å². The van der Waals surface area contributed by atoms with Gasteiger partial charge in [-0.15, -0.1) is 0 Å². The molecule has 78 valence electrons. The minimum Gasteiger partial charge on any atom is -0.345 e. The molecule has 0 aromatic carbocycles. The molecule has 0 aliphatic carbocycles. The number of hydrogen-bond donors (Lipinski definition) is 2. The van der Waals surface area contributed by atoms with Gasteiger partial charge >= 0.3 is 0 Å². The highest BCUT2D eigenvalue weighted by Gasteiger charge is 2.07. The van der Waals surface area contributed by atoms with Crippen molar-refractivity contribution in [2.24, 2.45) is 0 Å². The predicted molar refractivity (Wildman–Crippen MR) is 58.8 cm³/mol. The molecule has 2 aromatic heterocycles. The van der Waals surface area contributed by atoms with Gasteiger partial charge in [0, 0.05) is 16.8 Å². The lowest BCUT2D eigenvalue weighted by Gasteiger charge is -2.05. The van der Waals surface area contributed by atoms with E-state index in [1.54, 1.807) is 12.5 Å². The van der Waals surface area contributed by atoms with Crippen LogP contribution in [0.4, 0.5) is 0 Å². The van der Waals surface area contributed by atoms with Crippen LogP contribution >= 0.6 is 0 Å². The Labute approximate surface area is 87.4 Å². The molecule has 0 unspecified atom stereocenters. The third kappa shape index (κ3) is 1.70. The SMILES string of the molecule is CCc1cc(-c2cnc[nH]2)c(C)[nH]c1=O. The van der Waals surface area contributed by atoms with Gasteiger partial charge in [0.05, 0.1) is 18.2 Å². The molecular weight excluding hydrogens is 190 g/mol. The molecule has 0 fully saturated rings. The van der Waals surface area contributed by atoms with E-state index in [0.717, 1.165) is 28.9 Å². The average Bonchev–Trinajstić information content (AvgIpc) is 2.71. The van der Waals surface area contributed by atoms with Crippen molar-refractivity contribution >= 4 is 0 Å². The number of H-pyrrole nitrogens is 2. The Morgan fingerprint density at radius 1 is 1.47 bits per heavy atom. The molecule has 4 heteroatoms. The third-order valence-corrected chi connectivity index (χ3v) is 2.48. The normalized spacial score (nSPS) is 10.5. The molecular formula is C11H13N3O. The number of pyridine rings is 1. The zero-order chi connectivity index (χ0) is 10.8. The number of imidazole rings is 1. The van der Waals surface area contributed by atoms with Crippen molar-refractivity contribution in [1.29, 1.82) is 0 Å². The number of aromatic amines is 2. The van der Waals surface area contributed by atoms with Crippen LogP contribution in [0.5, 0.6) is 0 Å². The molecule has 2 heterocycles. The number of aryl methyl sites for hydroxylation is 2. The molecule has 4 nitrogen and oxygen atoms in total. The van der Waals surface area contributed by atoms with Crippen LogP contribution < -0.4 is 5.56 Å². The summed E-state index contributed by atoms with van der Waals surface area (Å²) in [7, 11) is 0. The standard InChI is InChI=1S/C11H13N3O/c1-3-8-4-9(7(2)14-11(8)15)10-5-12-6-13-10/h4-6H,3H2,1-2H3,(H,12,13)(H,14,15). The van der Waals surface area contributed by atoms with E-state index in [1.165, 1.54) is 0 Å². The second-order valence-electron chi connectivity index (χ2n) is 3.48. The molecule has 0 spiro atoms. The number of rotatable bonds is 2. The smallest absolute Gasteiger partial charge is 0.251 e. The lowest BCUT2D eigenvalue weighted by Crippen LogP contribution is -2.13. The molecule has 2 aromatic rings. The van der Waals surface area contributed by atoms with Gasteiger partial charge in [0.1, 0.15) is 0 Å². The average molecular weight is 203 g/mol. The van der Waals surface area contributed by atoms with Crippen molar-refractivity contribution in [3.63, 3.8) is 0 Å². The number of nitrogens with one attached hydrogen (secondary N) is 2. The zero-order valence-corrected chi connectivity index (χ0v) is 8.79. The van der Waals surface area contributed by atoms with Crippen LogP contribution in [0.15, 0.2) is 23.4 Å². The van der Waals surface area contributed by atoms with E-state index in [4.69, 9.17) is 0 Å². The van der Waals surface area contributed by atoms with Crippen LogP contribution in [0.25, 0.3) is 11.3 Å². The van der Waals surface area contributed by atoms with Crippen LogP contribution in [0.3, 0.4) is 0 Å². The highest BCUT2D eigenvalue weighted by atomic mass is 16.1. The van der Waals surface area contributed by atoms with Gasteiger partial charge in [-0.05, 0) is 19.4 Å². The predicted octanol–water partition coefficient (Wildman–Crippen LogP) is 1.64. The first-order chi connectivity index (χ1) is 7.22. The van der Waals surface area contributed by atoms with Gasteiger partial charge in [0.25, 0.3) is 5.56 Å². The Morgan fingerprint density at radius 3 is 2.87 bits per heavy atom. The summed E-state index contributed by atoms with van der Waals surface area (Å²) in [5.41, 5.74) is 3.59. The van der Waals surface area contributed by atoms with Crippen LogP contribution in [0, 0.1) is 6.92 Å². The quantitative estimate of drug-likeness (QED) is 0.779. The maximum Gasteiger partial charge on any atom is 0.251 e. The number of hydrogen-bond acceptors (Lipinski definition) is 2. The molecule has 0 saturated carbocycles. The van der Waals surface area contributed by atoms with Gasteiger partial charge in [-0.2, -0.15) is 0 Å². The largest absolute Gasteiger partial charge is 0.345 e. The van der Waals surface area contributed by atoms with Crippen molar-refractivity contribution in [3.8, 4) is 11.3 Å². The molecule has 2 N–H and O–H groups in total. The van der Waals surface area contributed by atoms with Gasteiger partial charge in [-0.3, -0.25) is 4.79 Å². The van der Waals surface area contributed by atoms with E-state index < -0.39 is 0 Å². The van der Waals surface area contributed by atoms with Gasteiger partial charge < -0.3 is 9.97 Å². The molecule has 0 saturated heterocycles. The van der Waals surface area contributed by atoms with E-state index in [0.29, 0.717) is 0 Å². The summed E-state index contributed by atoms with van der Waals surface area (Å²) in [5, 5.41) is 0. The third-order valence-electron chi connectivity index (χ3n) is 2.48. The topological polar surface area (TPSA) is 61.5 Å². The first-order valence-electron chi connectivity index (χ1n) is 4.94. The first kappa shape index (κ1) is 9.71. The summed E-state index contributed by atoms with van der Waals surface area (Å²) in [6.45, 7) is 3.85. The summed E-state index contributed by atoms with van der Waals surface area (Å²) in [6.07, 6.45) is 4.11. The van der Waals surface area contributed by atoms with Crippen molar-refractivity contribution in [2.75, 3.05) is 0 Å². The Balaban J connectivity index is 2.62. The van der Waals surface area contributed by atoms with E-state index >= 15 is 0 Å². The lowest BCUT2D eigenvalue weighted by atomic mass is 10.1. The van der Waals surface area contributed by atoms with Gasteiger partial charge in [0.15, 0.2) is 0 Å². The Bertz CT molecular complexity index is 511. The van der Waals surface area contributed by atoms with Crippen molar-refractivity contribution < 1.29 is 0 Å².